The fourth-order valence-corrected chi connectivity index (χ4v) is 3.41. The molecule has 0 spiro atoms. The second-order valence-electron chi connectivity index (χ2n) is 6.59. The van der Waals surface area contributed by atoms with Gasteiger partial charge in [0.05, 0.1) is 0 Å². The van der Waals surface area contributed by atoms with Crippen molar-refractivity contribution < 1.29 is 9.53 Å². The van der Waals surface area contributed by atoms with Crippen LogP contribution in [0.3, 0.4) is 0 Å². The van der Waals surface area contributed by atoms with Crippen LogP contribution >= 0.6 is 11.3 Å². The van der Waals surface area contributed by atoms with Crippen molar-refractivity contribution in [2.75, 3.05) is 0 Å². The number of nitrogens with zero attached hydrogens (tertiary/aromatic N) is 1. The Morgan fingerprint density at radius 3 is 2.56 bits per heavy atom. The highest BCUT2D eigenvalue weighted by molar-refractivity contribution is 7.09. The third kappa shape index (κ3) is 5.93. The van der Waals surface area contributed by atoms with E-state index in [-0.39, 0.29) is 11.9 Å². The predicted octanol–water partition coefficient (Wildman–Crippen LogP) is 4.78. The number of aryl methyl sites for hydroxylation is 2. The van der Waals surface area contributed by atoms with E-state index >= 15 is 0 Å². The number of rotatable bonds is 8. The quantitative estimate of drug-likeness (QED) is 0.612. The molecule has 3 aromatic rings. The van der Waals surface area contributed by atoms with Crippen LogP contribution in [0, 0.1) is 6.92 Å². The Hall–Kier alpha value is -2.66. The molecule has 140 valence electrons. The van der Waals surface area contributed by atoms with E-state index in [2.05, 4.69) is 22.4 Å². The summed E-state index contributed by atoms with van der Waals surface area (Å²) < 4.78 is 5.72. The molecule has 0 saturated carbocycles. The number of nitrogens with one attached hydrogen (secondary N) is 1. The molecule has 1 amide bonds. The number of carbonyl (C=O) groups excluding carboxylic acids is 1. The number of carbonyl (C=O) groups is 1. The molecule has 27 heavy (non-hydrogen) atoms. The summed E-state index contributed by atoms with van der Waals surface area (Å²) in [5.41, 5.74) is 2.93. The molecule has 0 saturated heterocycles. The van der Waals surface area contributed by atoms with Gasteiger partial charge in [0.25, 0.3) is 5.91 Å². The Kier molecular flexibility index (Phi) is 6.60. The monoisotopic (exact) mass is 380 g/mol. The molecule has 0 bridgehead atoms. The van der Waals surface area contributed by atoms with Crippen LogP contribution in [0.2, 0.25) is 0 Å². The first-order valence-corrected chi connectivity index (χ1v) is 9.97. The molecule has 2 aromatic carbocycles. The molecule has 1 atom stereocenters. The predicted molar refractivity (Wildman–Crippen MR) is 109 cm³/mol. The van der Waals surface area contributed by atoms with Crippen LogP contribution in [-0.2, 0) is 13.0 Å². The summed E-state index contributed by atoms with van der Waals surface area (Å²) in [4.78, 5) is 16.8. The summed E-state index contributed by atoms with van der Waals surface area (Å²) in [5, 5.41) is 6.01. The third-order valence-electron chi connectivity index (χ3n) is 4.23. The Morgan fingerprint density at radius 2 is 1.89 bits per heavy atom. The summed E-state index contributed by atoms with van der Waals surface area (Å²) in [7, 11) is 0. The van der Waals surface area contributed by atoms with Gasteiger partial charge >= 0.3 is 0 Å². The van der Waals surface area contributed by atoms with E-state index in [1.165, 1.54) is 5.56 Å². The highest BCUT2D eigenvalue weighted by Crippen LogP contribution is 2.16. The molecule has 0 fully saturated rings. The number of hydrogen-bond donors (Lipinski definition) is 1. The topological polar surface area (TPSA) is 51.2 Å². The summed E-state index contributed by atoms with van der Waals surface area (Å²) >= 11 is 1.59. The zero-order valence-electron chi connectivity index (χ0n) is 15.6. The van der Waals surface area contributed by atoms with Crippen molar-refractivity contribution in [3.8, 4) is 5.75 Å². The highest BCUT2D eigenvalue weighted by Gasteiger charge is 2.10. The van der Waals surface area contributed by atoms with Crippen LogP contribution in [0.1, 0.15) is 40.0 Å². The molecule has 0 aliphatic rings. The minimum atomic E-state index is -0.0577. The van der Waals surface area contributed by atoms with Crippen molar-refractivity contribution in [2.45, 2.75) is 39.3 Å². The fourth-order valence-electron chi connectivity index (χ4n) is 2.72. The summed E-state index contributed by atoms with van der Waals surface area (Å²) in [6.07, 6.45) is 1.86. The molecule has 0 aliphatic carbocycles. The van der Waals surface area contributed by atoms with E-state index in [1.807, 2.05) is 49.6 Å². The van der Waals surface area contributed by atoms with Crippen molar-refractivity contribution in [1.29, 1.82) is 0 Å². The second-order valence-corrected chi connectivity index (χ2v) is 7.54. The third-order valence-corrected chi connectivity index (χ3v) is 5.17. The number of thiazole rings is 1. The van der Waals surface area contributed by atoms with Gasteiger partial charge in [0.15, 0.2) is 0 Å². The van der Waals surface area contributed by atoms with Gasteiger partial charge in [-0.15, -0.1) is 11.3 Å². The van der Waals surface area contributed by atoms with Gasteiger partial charge in [-0.3, -0.25) is 4.79 Å². The van der Waals surface area contributed by atoms with E-state index in [1.54, 1.807) is 23.5 Å². The molecular formula is C22H24N2O2S. The Bertz CT molecular complexity index is 860. The molecule has 5 heteroatoms. The van der Waals surface area contributed by atoms with Crippen molar-refractivity contribution in [1.82, 2.24) is 10.3 Å². The Morgan fingerprint density at radius 1 is 1.15 bits per heavy atom. The first-order chi connectivity index (χ1) is 13.1. The smallest absolute Gasteiger partial charge is 0.251 e. The lowest BCUT2D eigenvalue weighted by molar-refractivity contribution is 0.0938. The fraction of sp³-hybridized carbons (Fsp3) is 0.273. The summed E-state index contributed by atoms with van der Waals surface area (Å²) in [6, 6.07) is 17.7. The van der Waals surface area contributed by atoms with E-state index in [9.17, 15) is 4.79 Å². The van der Waals surface area contributed by atoms with Gasteiger partial charge in [-0.05, 0) is 56.5 Å². The number of ether oxygens (including phenoxy) is 1. The average molecular weight is 381 g/mol. The molecule has 1 aromatic heterocycles. The van der Waals surface area contributed by atoms with Crippen LogP contribution < -0.4 is 10.1 Å². The van der Waals surface area contributed by atoms with Gasteiger partial charge in [0.2, 0.25) is 0 Å². The molecular weight excluding hydrogens is 356 g/mol. The molecule has 0 aliphatic heterocycles. The lowest BCUT2D eigenvalue weighted by Gasteiger charge is -2.14. The molecule has 4 nitrogen and oxygen atoms in total. The van der Waals surface area contributed by atoms with Crippen LogP contribution in [0.15, 0.2) is 60.0 Å². The van der Waals surface area contributed by atoms with Crippen molar-refractivity contribution in [2.24, 2.45) is 0 Å². The Labute approximate surface area is 164 Å². The largest absolute Gasteiger partial charge is 0.486 e. The van der Waals surface area contributed by atoms with E-state index < -0.39 is 0 Å². The SMILES string of the molecule is Cc1csc(COc2ccc(C(=O)N[C@@H](C)CCc3ccccc3)cc2)n1. The molecule has 1 N–H and O–H groups in total. The number of hydrogen-bond acceptors (Lipinski definition) is 4. The lowest BCUT2D eigenvalue weighted by Crippen LogP contribution is -2.32. The average Bonchev–Trinajstić information content (AvgIpc) is 3.11. The zero-order valence-corrected chi connectivity index (χ0v) is 16.5. The minimum Gasteiger partial charge on any atom is -0.486 e. The Balaban J connectivity index is 1.46. The number of aromatic nitrogens is 1. The second kappa shape index (κ2) is 9.33. The van der Waals surface area contributed by atoms with Crippen LogP contribution in [0.25, 0.3) is 0 Å². The maximum Gasteiger partial charge on any atom is 0.251 e. The highest BCUT2D eigenvalue weighted by atomic mass is 32.1. The first kappa shape index (κ1) is 19.1. The van der Waals surface area contributed by atoms with Gasteiger partial charge in [-0.25, -0.2) is 4.98 Å². The van der Waals surface area contributed by atoms with E-state index in [0.717, 1.165) is 29.3 Å². The van der Waals surface area contributed by atoms with Gasteiger partial charge < -0.3 is 10.1 Å². The van der Waals surface area contributed by atoms with Crippen LogP contribution in [0.5, 0.6) is 5.75 Å². The molecule has 0 radical (unpaired) electrons. The van der Waals surface area contributed by atoms with Crippen molar-refractivity contribution in [3.05, 3.63) is 81.8 Å². The number of amides is 1. The normalized spacial score (nSPS) is 11.8. The van der Waals surface area contributed by atoms with Gasteiger partial charge in [0.1, 0.15) is 17.4 Å². The standard InChI is InChI=1S/C22H24N2O2S/c1-16(8-9-18-6-4-3-5-7-18)24-22(25)19-10-12-20(13-11-19)26-14-21-23-17(2)15-27-21/h3-7,10-13,15-16H,8-9,14H2,1-2H3,(H,24,25)/t16-/m0/s1. The van der Waals surface area contributed by atoms with Crippen LogP contribution in [0.4, 0.5) is 0 Å². The zero-order chi connectivity index (χ0) is 19.1. The van der Waals surface area contributed by atoms with E-state index in [4.69, 9.17) is 4.74 Å². The summed E-state index contributed by atoms with van der Waals surface area (Å²) in [5.74, 6) is 0.675. The first-order valence-electron chi connectivity index (χ1n) is 9.09. The number of benzene rings is 2. The van der Waals surface area contributed by atoms with Gasteiger partial charge in [-0.2, -0.15) is 0 Å². The van der Waals surface area contributed by atoms with Gasteiger partial charge in [0, 0.05) is 22.7 Å². The van der Waals surface area contributed by atoms with Crippen molar-refractivity contribution >= 4 is 17.2 Å². The van der Waals surface area contributed by atoms with E-state index in [0.29, 0.717) is 12.2 Å². The lowest BCUT2D eigenvalue weighted by atomic mass is 10.1. The molecule has 0 unspecified atom stereocenters. The van der Waals surface area contributed by atoms with Crippen molar-refractivity contribution in [3.63, 3.8) is 0 Å². The van der Waals surface area contributed by atoms with Crippen LogP contribution in [-0.4, -0.2) is 16.9 Å². The maximum absolute atomic E-state index is 12.4. The van der Waals surface area contributed by atoms with Gasteiger partial charge in [-0.1, -0.05) is 30.3 Å². The summed E-state index contributed by atoms with van der Waals surface area (Å²) in [6.45, 7) is 4.45. The molecule has 1 heterocycles. The molecule has 3 rings (SSSR count). The maximum atomic E-state index is 12.4. The minimum absolute atomic E-state index is 0.0577.